The van der Waals surface area contributed by atoms with Gasteiger partial charge in [-0.05, 0) is 105 Å². The molecule has 1 spiro atoms. The Labute approximate surface area is 310 Å². The van der Waals surface area contributed by atoms with Gasteiger partial charge >= 0.3 is 5.97 Å². The van der Waals surface area contributed by atoms with Crippen molar-refractivity contribution in [2.24, 2.45) is 17.8 Å². The molecule has 13 heteroatoms. The zero-order valence-corrected chi connectivity index (χ0v) is 31.6. The largest absolute Gasteiger partial charge is 0.490 e. The van der Waals surface area contributed by atoms with Crippen molar-refractivity contribution >= 4 is 45.1 Å². The molecule has 2 aliphatic carbocycles. The Morgan fingerprint density at radius 3 is 2.67 bits per heavy atom. The highest BCUT2D eigenvalue weighted by atomic mass is 35.5. The SMILES string of the molecule is CO[C@@]1(CC(=O)N[C@H]2CCOC2=O)/C=C\C[C@H](C)[C@@H](C)S(=O)(=O)NC(=O)c2ccc3c(c2)N(C[C@@H]2CC[C@H]21)C[C@@]1(CCCc2cc(Cl)ccc21)CO3. The van der Waals surface area contributed by atoms with Crippen LogP contribution >= 0.6 is 11.6 Å². The van der Waals surface area contributed by atoms with Crippen molar-refractivity contribution in [3.8, 4) is 5.75 Å². The van der Waals surface area contributed by atoms with Crippen LogP contribution < -0.4 is 19.7 Å². The summed E-state index contributed by atoms with van der Waals surface area (Å²) in [4.78, 5) is 41.7. The van der Waals surface area contributed by atoms with E-state index in [0.717, 1.165) is 37.8 Å². The van der Waals surface area contributed by atoms with E-state index in [1.807, 2.05) is 31.2 Å². The third kappa shape index (κ3) is 6.94. The molecular formula is C39H48ClN3O8S. The smallest absolute Gasteiger partial charge is 0.328 e. The lowest BCUT2D eigenvalue weighted by molar-refractivity contribution is -0.143. The van der Waals surface area contributed by atoms with Gasteiger partial charge in [0.15, 0.2) is 0 Å². The topological polar surface area (TPSA) is 140 Å². The molecule has 3 heterocycles. The van der Waals surface area contributed by atoms with Gasteiger partial charge in [-0.25, -0.2) is 17.9 Å². The summed E-state index contributed by atoms with van der Waals surface area (Å²) in [6, 6.07) is 10.5. The summed E-state index contributed by atoms with van der Waals surface area (Å²) in [6.07, 6.45) is 9.13. The first kappa shape index (κ1) is 36.7. The van der Waals surface area contributed by atoms with Gasteiger partial charge in [-0.3, -0.25) is 9.59 Å². The highest BCUT2D eigenvalue weighted by Crippen LogP contribution is 2.50. The molecule has 2 aromatic carbocycles. The number of methoxy groups -OCH3 is 1. The first-order valence-electron chi connectivity index (χ1n) is 18.4. The van der Waals surface area contributed by atoms with E-state index in [1.165, 1.54) is 11.1 Å². The number of aryl methyl sites for hydroxylation is 1. The van der Waals surface area contributed by atoms with Crippen LogP contribution in [0.4, 0.5) is 5.69 Å². The van der Waals surface area contributed by atoms with Crippen LogP contribution in [0.5, 0.6) is 5.75 Å². The number of halogens is 1. The number of sulfonamides is 1. The van der Waals surface area contributed by atoms with Crippen molar-refractivity contribution in [1.82, 2.24) is 10.0 Å². The van der Waals surface area contributed by atoms with Gasteiger partial charge in [0.25, 0.3) is 5.91 Å². The molecule has 2 aromatic rings. The molecule has 0 aromatic heterocycles. The number of hydrogen-bond acceptors (Lipinski definition) is 9. The van der Waals surface area contributed by atoms with Crippen molar-refractivity contribution in [3.63, 3.8) is 0 Å². The lowest BCUT2D eigenvalue weighted by atomic mass is 9.62. The Balaban J connectivity index is 1.30. The van der Waals surface area contributed by atoms with Crippen molar-refractivity contribution in [2.45, 2.75) is 87.5 Å². The Kier molecular flexibility index (Phi) is 10.1. The number of allylic oxidation sites excluding steroid dienone is 1. The normalized spacial score (nSPS) is 33.3. The monoisotopic (exact) mass is 753 g/mol. The lowest BCUT2D eigenvalue weighted by Crippen LogP contribution is -2.55. The van der Waals surface area contributed by atoms with E-state index in [0.29, 0.717) is 43.3 Å². The first-order chi connectivity index (χ1) is 24.8. The van der Waals surface area contributed by atoms with Crippen LogP contribution in [0.3, 0.4) is 0 Å². The minimum Gasteiger partial charge on any atom is -0.490 e. The molecule has 7 rings (SSSR count). The second kappa shape index (κ2) is 14.3. The Bertz CT molecular complexity index is 1890. The summed E-state index contributed by atoms with van der Waals surface area (Å²) in [7, 11) is -2.43. The second-order valence-corrected chi connectivity index (χ2v) is 17.9. The number of fused-ring (bicyclic) bond motifs is 4. The van der Waals surface area contributed by atoms with Crippen molar-refractivity contribution in [1.29, 1.82) is 0 Å². The molecule has 7 atom stereocenters. The van der Waals surface area contributed by atoms with E-state index in [2.05, 4.69) is 21.0 Å². The molecule has 2 bridgehead atoms. The molecular weight excluding hydrogens is 706 g/mol. The van der Waals surface area contributed by atoms with E-state index in [1.54, 1.807) is 32.2 Å². The maximum atomic E-state index is 13.6. The molecule has 0 unspecified atom stereocenters. The summed E-state index contributed by atoms with van der Waals surface area (Å²) in [6.45, 7) is 5.33. The number of carbonyl (C=O) groups excluding carboxylic acids is 3. The zero-order valence-electron chi connectivity index (χ0n) is 30.0. The number of anilines is 1. The van der Waals surface area contributed by atoms with Gasteiger partial charge in [0.2, 0.25) is 15.9 Å². The van der Waals surface area contributed by atoms with Crippen molar-refractivity contribution in [3.05, 3.63) is 70.3 Å². The fourth-order valence-corrected chi connectivity index (χ4v) is 10.4. The van der Waals surface area contributed by atoms with Gasteiger partial charge in [-0.2, -0.15) is 0 Å². The summed E-state index contributed by atoms with van der Waals surface area (Å²) >= 11 is 6.46. The van der Waals surface area contributed by atoms with Crippen LogP contribution in [0.2, 0.25) is 5.02 Å². The highest BCUT2D eigenvalue weighted by Gasteiger charge is 2.50. The molecule has 2 amide bonds. The molecule has 2 N–H and O–H groups in total. The van der Waals surface area contributed by atoms with Gasteiger partial charge in [0, 0.05) is 42.6 Å². The van der Waals surface area contributed by atoms with Crippen LogP contribution in [0.25, 0.3) is 0 Å². The number of carbonyl (C=O) groups is 3. The first-order valence-corrected chi connectivity index (χ1v) is 20.3. The third-order valence-corrected chi connectivity index (χ3v) is 14.5. The maximum Gasteiger partial charge on any atom is 0.328 e. The van der Waals surface area contributed by atoms with E-state index in [4.69, 9.17) is 25.8 Å². The highest BCUT2D eigenvalue weighted by molar-refractivity contribution is 7.90. The molecule has 3 aliphatic heterocycles. The quantitative estimate of drug-likeness (QED) is 0.323. The molecule has 1 saturated heterocycles. The number of amides is 2. The van der Waals surface area contributed by atoms with Crippen LogP contribution in [0.15, 0.2) is 48.6 Å². The van der Waals surface area contributed by atoms with Crippen LogP contribution in [-0.4, -0.2) is 76.5 Å². The Morgan fingerprint density at radius 1 is 1.12 bits per heavy atom. The molecule has 280 valence electrons. The Morgan fingerprint density at radius 2 is 1.94 bits per heavy atom. The number of hydrogen-bond donors (Lipinski definition) is 2. The molecule has 5 aliphatic rings. The number of esters is 1. The minimum absolute atomic E-state index is 0.00877. The van der Waals surface area contributed by atoms with Crippen molar-refractivity contribution in [2.75, 3.05) is 38.3 Å². The van der Waals surface area contributed by atoms with Crippen LogP contribution in [0, 0.1) is 17.8 Å². The van der Waals surface area contributed by atoms with E-state index < -0.39 is 38.8 Å². The standard InChI is InChI=1S/C39H48ClN3O8S/c1-24-6-4-16-39(49-3,20-35(44)41-32-14-17-50-37(32)46)31-11-8-28(31)21-43-22-38(15-5-7-26-18-29(40)10-12-30(26)38)23-51-34-13-9-27(19-33(34)43)36(45)42-52(47,48)25(24)2/h4,9-10,12-13,16,18-19,24-25,28,31-32H,5-8,11,14-15,17,20-23H2,1-3H3,(H,41,44)(H,42,45)/b16-4-/t24-,25+,28-,31+,32-,38-,39+/m0/s1. The number of cyclic esters (lactones) is 1. The average molecular weight is 754 g/mol. The molecule has 2 fully saturated rings. The average Bonchev–Trinajstić information content (AvgIpc) is 3.43. The number of nitrogens with zero attached hydrogens (tertiary/aromatic N) is 1. The summed E-state index contributed by atoms with van der Waals surface area (Å²) in [5.74, 6) is -1.12. The zero-order chi connectivity index (χ0) is 36.8. The maximum absolute atomic E-state index is 13.6. The summed E-state index contributed by atoms with van der Waals surface area (Å²) in [5, 5.41) is 2.67. The lowest BCUT2D eigenvalue weighted by Gasteiger charge is -2.50. The van der Waals surface area contributed by atoms with E-state index in [-0.39, 0.29) is 47.7 Å². The van der Waals surface area contributed by atoms with Gasteiger partial charge in [-0.1, -0.05) is 36.7 Å². The van der Waals surface area contributed by atoms with Crippen LogP contribution in [0.1, 0.15) is 80.3 Å². The molecule has 52 heavy (non-hydrogen) atoms. The molecule has 0 radical (unpaired) electrons. The molecule has 1 saturated carbocycles. The number of rotatable bonds is 4. The predicted octanol–water partition coefficient (Wildman–Crippen LogP) is 5.09. The van der Waals surface area contributed by atoms with Gasteiger partial charge < -0.3 is 24.4 Å². The van der Waals surface area contributed by atoms with Gasteiger partial charge in [-0.15, -0.1) is 0 Å². The summed E-state index contributed by atoms with van der Waals surface area (Å²) in [5.41, 5.74) is 1.99. The van der Waals surface area contributed by atoms with E-state index >= 15 is 0 Å². The van der Waals surface area contributed by atoms with Crippen LogP contribution in [-0.2, 0) is 40.9 Å². The fourth-order valence-electron chi connectivity index (χ4n) is 8.96. The minimum atomic E-state index is -4.05. The third-order valence-electron chi connectivity index (χ3n) is 12.3. The fraction of sp³-hybridized carbons (Fsp3) is 0.564. The number of ether oxygens (including phenoxy) is 3. The second-order valence-electron chi connectivity index (χ2n) is 15.4. The number of benzene rings is 2. The van der Waals surface area contributed by atoms with Gasteiger partial charge in [0.1, 0.15) is 11.8 Å². The van der Waals surface area contributed by atoms with E-state index in [9.17, 15) is 22.8 Å². The Hall–Kier alpha value is -3.61. The summed E-state index contributed by atoms with van der Waals surface area (Å²) < 4.78 is 47.4. The predicted molar refractivity (Wildman–Crippen MR) is 197 cm³/mol. The van der Waals surface area contributed by atoms with Crippen molar-refractivity contribution < 1.29 is 37.0 Å². The number of nitrogens with one attached hydrogen (secondary N) is 2. The van der Waals surface area contributed by atoms with Gasteiger partial charge in [0.05, 0.1) is 36.2 Å². The molecule has 11 nitrogen and oxygen atoms in total.